The van der Waals surface area contributed by atoms with Crippen LogP contribution in [-0.4, -0.2) is 84.8 Å². The van der Waals surface area contributed by atoms with Gasteiger partial charge < -0.3 is 38.9 Å². The van der Waals surface area contributed by atoms with Crippen molar-refractivity contribution in [2.75, 3.05) is 19.8 Å². The quantitative estimate of drug-likeness (QED) is 0.183. The summed E-state index contributed by atoms with van der Waals surface area (Å²) in [5, 5.41) is 24.0. The summed E-state index contributed by atoms with van der Waals surface area (Å²) in [7, 11) is -2.22. The molecule has 0 saturated carbocycles. The van der Waals surface area contributed by atoms with Crippen molar-refractivity contribution in [2.45, 2.75) is 86.9 Å². The third kappa shape index (κ3) is 10.9. The molecule has 1 fully saturated rings. The van der Waals surface area contributed by atoms with Crippen LogP contribution in [0.2, 0.25) is 18.1 Å². The van der Waals surface area contributed by atoms with Crippen molar-refractivity contribution >= 4 is 55.2 Å². The first-order valence-electron chi connectivity index (χ1n) is 12.9. The van der Waals surface area contributed by atoms with Gasteiger partial charge in [0.1, 0.15) is 37.6 Å². The van der Waals surface area contributed by atoms with Crippen LogP contribution in [0.15, 0.2) is 30.3 Å². The summed E-state index contributed by atoms with van der Waals surface area (Å²) in [6.07, 6.45) is -6.27. The van der Waals surface area contributed by atoms with Gasteiger partial charge in [-0.2, -0.15) is 0 Å². The fourth-order valence-corrected chi connectivity index (χ4v) is 4.55. The number of hydrogen-bond donors (Lipinski definition) is 3. The van der Waals surface area contributed by atoms with Crippen LogP contribution in [0.4, 0.5) is 4.79 Å². The van der Waals surface area contributed by atoms with Crippen LogP contribution in [-0.2, 0) is 34.8 Å². The Labute approximate surface area is 251 Å². The molecule has 0 spiro atoms. The van der Waals surface area contributed by atoms with Crippen molar-refractivity contribution in [3.8, 4) is 0 Å². The first-order valence-corrected chi connectivity index (χ1v) is 16.9. The smallest absolute Gasteiger partial charge is 0.407 e. The second kappa shape index (κ2) is 14.8. The maximum absolute atomic E-state index is 12.5. The van der Waals surface area contributed by atoms with Crippen molar-refractivity contribution in [1.82, 2.24) is 5.32 Å². The number of benzene rings is 1. The number of amides is 1. The highest BCUT2D eigenvalue weighted by atomic mass is 35.6. The van der Waals surface area contributed by atoms with Crippen molar-refractivity contribution in [2.24, 2.45) is 5.92 Å². The molecule has 1 amide bonds. The number of halogens is 3. The molecule has 2 rings (SSSR count). The van der Waals surface area contributed by atoms with Gasteiger partial charge in [-0.05, 0) is 30.6 Å². The van der Waals surface area contributed by atoms with Gasteiger partial charge in [0.25, 0.3) is 0 Å². The van der Waals surface area contributed by atoms with Gasteiger partial charge in [0.2, 0.25) is 3.79 Å². The molecule has 1 aromatic rings. The zero-order chi connectivity index (χ0) is 30.3. The summed E-state index contributed by atoms with van der Waals surface area (Å²) in [5.41, 5.74) is 0.832. The number of alkyl halides is 3. The van der Waals surface area contributed by atoms with E-state index in [-0.39, 0.29) is 24.9 Å². The Balaban J connectivity index is 2.10. The predicted octanol–water partition coefficient (Wildman–Crippen LogP) is 4.32. The summed E-state index contributed by atoms with van der Waals surface area (Å²) in [5.74, 6) is -1.22. The molecule has 1 saturated heterocycles. The summed E-state index contributed by atoms with van der Waals surface area (Å²) < 4.78 is 26.4. The molecule has 1 aromatic carbocycles. The first-order chi connectivity index (χ1) is 18.4. The van der Waals surface area contributed by atoms with Gasteiger partial charge in [0.05, 0.1) is 19.1 Å². The van der Waals surface area contributed by atoms with Gasteiger partial charge in [-0.25, -0.2) is 4.79 Å². The Morgan fingerprint density at radius 2 is 1.70 bits per heavy atom. The van der Waals surface area contributed by atoms with Crippen LogP contribution in [0.1, 0.15) is 33.3 Å². The van der Waals surface area contributed by atoms with E-state index in [0.717, 1.165) is 5.56 Å². The average Bonchev–Trinajstić information content (AvgIpc) is 2.87. The van der Waals surface area contributed by atoms with E-state index >= 15 is 0 Å². The summed E-state index contributed by atoms with van der Waals surface area (Å²) in [6, 6.07) is 7.93. The van der Waals surface area contributed by atoms with E-state index < -0.39 is 67.3 Å². The third-order valence-corrected chi connectivity index (χ3v) is 11.7. The highest BCUT2D eigenvalue weighted by Crippen LogP contribution is 2.37. The van der Waals surface area contributed by atoms with Crippen molar-refractivity contribution in [1.29, 1.82) is 0 Å². The lowest BCUT2D eigenvalue weighted by Crippen LogP contribution is -2.65. The number of rotatable bonds is 11. The van der Waals surface area contributed by atoms with E-state index in [0.29, 0.717) is 0 Å². The second-order valence-electron chi connectivity index (χ2n) is 11.3. The predicted molar refractivity (Wildman–Crippen MR) is 154 cm³/mol. The molecule has 3 N–H and O–H groups in total. The molecule has 0 bridgehead atoms. The maximum atomic E-state index is 12.5. The van der Waals surface area contributed by atoms with Crippen molar-refractivity contribution in [3.05, 3.63) is 35.9 Å². The lowest BCUT2D eigenvalue weighted by atomic mass is 9.97. The van der Waals surface area contributed by atoms with Gasteiger partial charge in [-0.15, -0.1) is 0 Å². The average molecular weight is 645 g/mol. The van der Waals surface area contributed by atoms with Crippen LogP contribution in [0, 0.1) is 5.92 Å². The molecule has 1 aliphatic rings. The van der Waals surface area contributed by atoms with E-state index in [1.54, 1.807) is 6.92 Å². The molecule has 40 heavy (non-hydrogen) atoms. The minimum Gasteiger partial charge on any atom is -0.461 e. The highest BCUT2D eigenvalue weighted by Gasteiger charge is 2.48. The molecule has 228 valence electrons. The van der Waals surface area contributed by atoms with Crippen LogP contribution in [0.5, 0.6) is 0 Å². The number of carbonyl (C=O) groups is 2. The molecule has 0 radical (unpaired) electrons. The summed E-state index contributed by atoms with van der Waals surface area (Å²) >= 11 is 16.9. The zero-order valence-corrected chi connectivity index (χ0v) is 26.8. The molecule has 0 aromatic heterocycles. The fourth-order valence-electron chi connectivity index (χ4n) is 3.38. The van der Waals surface area contributed by atoms with Crippen LogP contribution >= 0.6 is 34.8 Å². The molecular weight excluding hydrogens is 605 g/mol. The van der Waals surface area contributed by atoms with Gasteiger partial charge in [-0.1, -0.05) is 85.9 Å². The standard InChI is InChI=1S/C26H40Cl3NO9Si/c1-16(22(33)35-13-17-10-8-7-9-11-17)12-36-23-19(30-24(34)37-15-26(27,28)29)21(32)20(31)18(39-23)14-38-40(5,6)25(2,3)4/h7-11,16,18-21,23,31-32H,12-15H2,1-6H3,(H,30,34)/t16?,18?,19?,20-,21-,23-/m1/s1. The summed E-state index contributed by atoms with van der Waals surface area (Å²) in [4.78, 5) is 24.9. The second-order valence-corrected chi connectivity index (χ2v) is 18.6. The topological polar surface area (TPSA) is 133 Å². The Morgan fingerprint density at radius 1 is 1.07 bits per heavy atom. The number of ether oxygens (including phenoxy) is 4. The number of hydrogen-bond acceptors (Lipinski definition) is 9. The lowest BCUT2D eigenvalue weighted by Gasteiger charge is -2.44. The third-order valence-electron chi connectivity index (χ3n) is 6.90. The van der Waals surface area contributed by atoms with E-state index in [2.05, 4.69) is 26.1 Å². The number of alkyl carbamates (subject to hydrolysis) is 1. The Hall–Kier alpha value is -1.15. The lowest BCUT2D eigenvalue weighted by molar-refractivity contribution is -0.271. The van der Waals surface area contributed by atoms with E-state index in [9.17, 15) is 19.8 Å². The fraction of sp³-hybridized carbons (Fsp3) is 0.692. The molecule has 14 heteroatoms. The van der Waals surface area contributed by atoms with Gasteiger partial charge in [0.15, 0.2) is 14.6 Å². The molecule has 3 unspecified atom stereocenters. The highest BCUT2D eigenvalue weighted by molar-refractivity contribution is 6.74. The minimum atomic E-state index is -2.22. The zero-order valence-electron chi connectivity index (χ0n) is 23.6. The molecule has 6 atom stereocenters. The van der Waals surface area contributed by atoms with Crippen molar-refractivity contribution < 1.29 is 43.2 Å². The number of nitrogens with one attached hydrogen (secondary N) is 1. The van der Waals surface area contributed by atoms with Gasteiger partial charge in [-0.3, -0.25) is 4.79 Å². The van der Waals surface area contributed by atoms with E-state index in [1.165, 1.54) is 0 Å². The Bertz CT molecular complexity index is 959. The Morgan fingerprint density at radius 3 is 2.27 bits per heavy atom. The molecule has 1 heterocycles. The van der Waals surface area contributed by atoms with Crippen LogP contribution in [0.25, 0.3) is 0 Å². The van der Waals surface area contributed by atoms with Crippen molar-refractivity contribution in [3.63, 3.8) is 0 Å². The Kier molecular flexibility index (Phi) is 13.0. The largest absolute Gasteiger partial charge is 0.461 e. The molecule has 0 aliphatic carbocycles. The van der Waals surface area contributed by atoms with Crippen LogP contribution in [0.3, 0.4) is 0 Å². The van der Waals surface area contributed by atoms with E-state index in [1.807, 2.05) is 43.4 Å². The van der Waals surface area contributed by atoms with Gasteiger partial charge >= 0.3 is 12.1 Å². The number of aliphatic hydroxyl groups is 2. The first kappa shape index (κ1) is 35.0. The molecular formula is C26H40Cl3NO9Si. The number of aliphatic hydroxyl groups excluding tert-OH is 2. The monoisotopic (exact) mass is 643 g/mol. The van der Waals surface area contributed by atoms with E-state index in [4.69, 9.17) is 58.2 Å². The number of carbonyl (C=O) groups excluding carboxylic acids is 2. The molecule has 10 nitrogen and oxygen atoms in total. The SMILES string of the molecule is CC(CO[C@@H]1OC(CO[Si](C)(C)C(C)(C)C)[C@@H](O)[C@H](O)C1NC(=O)OCC(Cl)(Cl)Cl)C(=O)OCc1ccccc1. The number of esters is 1. The van der Waals surface area contributed by atoms with Crippen LogP contribution < -0.4 is 5.32 Å². The van der Waals surface area contributed by atoms with Gasteiger partial charge in [0, 0.05) is 0 Å². The molecule has 1 aliphatic heterocycles. The normalized spacial score (nSPS) is 24.7. The minimum absolute atomic E-state index is 0.0202. The summed E-state index contributed by atoms with van der Waals surface area (Å²) in [6.45, 7) is 11.2. The maximum Gasteiger partial charge on any atom is 0.407 e.